The molecule has 2 nitrogen and oxygen atoms in total. The van der Waals surface area contributed by atoms with Crippen molar-refractivity contribution in [2.24, 2.45) is 0 Å². The lowest BCUT2D eigenvalue weighted by Gasteiger charge is -2.14. The Morgan fingerprint density at radius 1 is 1.17 bits per heavy atom. The van der Waals surface area contributed by atoms with Gasteiger partial charge in [-0.2, -0.15) is 0 Å². The number of aromatic hydroxyl groups is 1. The highest BCUT2D eigenvalue weighted by Gasteiger charge is 2.05. The average molecular weight is 245 g/mol. The molecule has 2 rings (SSSR count). The molecule has 3 heteroatoms. The van der Waals surface area contributed by atoms with E-state index in [9.17, 15) is 9.50 Å². The van der Waals surface area contributed by atoms with Crippen LogP contribution in [0.2, 0.25) is 0 Å². The number of halogens is 1. The van der Waals surface area contributed by atoms with E-state index in [0.29, 0.717) is 6.54 Å². The van der Waals surface area contributed by atoms with Crippen LogP contribution in [0.25, 0.3) is 0 Å². The summed E-state index contributed by atoms with van der Waals surface area (Å²) in [5.74, 6) is 0.0441. The van der Waals surface area contributed by atoms with E-state index in [1.807, 2.05) is 19.1 Å². The minimum Gasteiger partial charge on any atom is -0.508 e. The molecule has 0 saturated carbocycles. The second kappa shape index (κ2) is 5.65. The van der Waals surface area contributed by atoms with Crippen molar-refractivity contribution >= 4 is 0 Å². The monoisotopic (exact) mass is 245 g/mol. The van der Waals surface area contributed by atoms with Crippen LogP contribution in [0.5, 0.6) is 5.75 Å². The predicted molar refractivity (Wildman–Crippen MR) is 69.8 cm³/mol. The highest BCUT2D eigenvalue weighted by atomic mass is 19.1. The maximum atomic E-state index is 12.8. The number of nitrogens with one attached hydrogen (secondary N) is 1. The molecule has 0 saturated heterocycles. The molecule has 0 amide bonds. The maximum Gasteiger partial charge on any atom is 0.123 e. The van der Waals surface area contributed by atoms with Crippen LogP contribution in [0.3, 0.4) is 0 Å². The van der Waals surface area contributed by atoms with E-state index in [1.54, 1.807) is 24.3 Å². The lowest BCUT2D eigenvalue weighted by molar-refractivity contribution is 0.473. The topological polar surface area (TPSA) is 32.3 Å². The normalized spacial score (nSPS) is 12.3. The molecule has 0 spiro atoms. The number of rotatable bonds is 4. The molecule has 2 aromatic rings. The number of benzene rings is 2. The van der Waals surface area contributed by atoms with Gasteiger partial charge in [0.1, 0.15) is 11.6 Å². The van der Waals surface area contributed by atoms with Crippen LogP contribution in [-0.2, 0) is 6.54 Å². The van der Waals surface area contributed by atoms with Crippen LogP contribution in [-0.4, -0.2) is 5.11 Å². The summed E-state index contributed by atoms with van der Waals surface area (Å²) >= 11 is 0. The molecule has 0 aromatic heterocycles. The summed E-state index contributed by atoms with van der Waals surface area (Å²) in [6.45, 7) is 2.68. The third-order valence-electron chi connectivity index (χ3n) is 2.89. The van der Waals surface area contributed by atoms with E-state index in [-0.39, 0.29) is 17.6 Å². The Labute approximate surface area is 106 Å². The third kappa shape index (κ3) is 3.31. The number of hydrogen-bond acceptors (Lipinski definition) is 2. The highest BCUT2D eigenvalue weighted by Crippen LogP contribution is 2.15. The van der Waals surface area contributed by atoms with Gasteiger partial charge in [-0.25, -0.2) is 4.39 Å². The molecule has 0 heterocycles. The Hall–Kier alpha value is -1.87. The van der Waals surface area contributed by atoms with Gasteiger partial charge in [0.2, 0.25) is 0 Å². The van der Waals surface area contributed by atoms with Crippen LogP contribution in [0, 0.1) is 5.82 Å². The van der Waals surface area contributed by atoms with Gasteiger partial charge in [0.05, 0.1) is 0 Å². The summed E-state index contributed by atoms with van der Waals surface area (Å²) < 4.78 is 12.8. The van der Waals surface area contributed by atoms with Crippen LogP contribution in [0.4, 0.5) is 4.39 Å². The van der Waals surface area contributed by atoms with Crippen molar-refractivity contribution in [3.8, 4) is 5.75 Å². The molecule has 2 N–H and O–H groups in total. The fraction of sp³-hybridized carbons (Fsp3) is 0.200. The van der Waals surface area contributed by atoms with Crippen molar-refractivity contribution in [3.63, 3.8) is 0 Å². The quantitative estimate of drug-likeness (QED) is 0.865. The van der Waals surface area contributed by atoms with Crippen molar-refractivity contribution in [2.75, 3.05) is 0 Å². The number of phenols is 1. The fourth-order valence-electron chi connectivity index (χ4n) is 1.81. The lowest BCUT2D eigenvalue weighted by atomic mass is 10.1. The Morgan fingerprint density at radius 3 is 2.56 bits per heavy atom. The molecule has 0 aliphatic rings. The van der Waals surface area contributed by atoms with Gasteiger partial charge in [0.15, 0.2) is 0 Å². The zero-order valence-corrected chi connectivity index (χ0v) is 10.2. The van der Waals surface area contributed by atoms with Crippen LogP contribution >= 0.6 is 0 Å². The number of hydrogen-bond donors (Lipinski definition) is 2. The largest absolute Gasteiger partial charge is 0.508 e. The minimum atomic E-state index is -0.223. The maximum absolute atomic E-state index is 12.8. The zero-order chi connectivity index (χ0) is 13.0. The molecule has 0 fully saturated rings. The first-order valence-corrected chi connectivity index (χ1v) is 5.92. The summed E-state index contributed by atoms with van der Waals surface area (Å²) in [5, 5.41) is 12.7. The van der Waals surface area contributed by atoms with Gasteiger partial charge in [-0.1, -0.05) is 24.3 Å². The Bertz CT molecular complexity index is 510. The van der Waals surface area contributed by atoms with Gasteiger partial charge in [-0.15, -0.1) is 0 Å². The standard InChI is InChI=1S/C15H16FNO/c1-11(13-5-7-14(16)8-6-13)17-10-12-3-2-4-15(18)9-12/h2-9,11,17-18H,10H2,1H3. The van der Waals surface area contributed by atoms with Gasteiger partial charge in [0.25, 0.3) is 0 Å². The van der Waals surface area contributed by atoms with E-state index >= 15 is 0 Å². The Kier molecular flexibility index (Phi) is 3.95. The molecule has 0 aliphatic heterocycles. The number of phenolic OH excluding ortho intramolecular Hbond substituents is 1. The second-order valence-corrected chi connectivity index (χ2v) is 4.32. The smallest absolute Gasteiger partial charge is 0.123 e. The molecule has 1 unspecified atom stereocenters. The van der Waals surface area contributed by atoms with Crippen LogP contribution in [0.15, 0.2) is 48.5 Å². The van der Waals surface area contributed by atoms with Crippen molar-refractivity contribution < 1.29 is 9.50 Å². The average Bonchev–Trinajstić information content (AvgIpc) is 2.37. The van der Waals surface area contributed by atoms with E-state index in [1.165, 1.54) is 12.1 Å². The molecular formula is C15H16FNO. The summed E-state index contributed by atoms with van der Waals surface area (Å²) in [6.07, 6.45) is 0. The molecular weight excluding hydrogens is 229 g/mol. The first kappa shape index (κ1) is 12.6. The first-order valence-electron chi connectivity index (χ1n) is 5.92. The molecule has 2 aromatic carbocycles. The van der Waals surface area contributed by atoms with Crippen molar-refractivity contribution in [1.29, 1.82) is 0 Å². The molecule has 94 valence electrons. The summed E-state index contributed by atoms with van der Waals surface area (Å²) in [6, 6.07) is 13.7. The highest BCUT2D eigenvalue weighted by molar-refractivity contribution is 5.27. The van der Waals surface area contributed by atoms with Gasteiger partial charge < -0.3 is 10.4 Å². The molecule has 0 aliphatic carbocycles. The first-order chi connectivity index (χ1) is 8.65. The minimum absolute atomic E-state index is 0.132. The third-order valence-corrected chi connectivity index (χ3v) is 2.89. The van der Waals surface area contributed by atoms with Gasteiger partial charge in [-0.3, -0.25) is 0 Å². The van der Waals surface area contributed by atoms with E-state index in [0.717, 1.165) is 11.1 Å². The van der Waals surface area contributed by atoms with E-state index in [4.69, 9.17) is 0 Å². The summed E-state index contributed by atoms with van der Waals surface area (Å²) in [7, 11) is 0. The van der Waals surface area contributed by atoms with Crippen molar-refractivity contribution in [2.45, 2.75) is 19.5 Å². The Balaban J connectivity index is 1.96. The summed E-state index contributed by atoms with van der Waals surface area (Å²) in [4.78, 5) is 0. The lowest BCUT2D eigenvalue weighted by Crippen LogP contribution is -2.17. The molecule has 0 radical (unpaired) electrons. The predicted octanol–water partition coefficient (Wildman–Crippen LogP) is 3.38. The van der Waals surface area contributed by atoms with Gasteiger partial charge >= 0.3 is 0 Å². The van der Waals surface area contributed by atoms with E-state index in [2.05, 4.69) is 5.32 Å². The van der Waals surface area contributed by atoms with Crippen LogP contribution in [0.1, 0.15) is 24.1 Å². The van der Waals surface area contributed by atoms with Crippen molar-refractivity contribution in [3.05, 3.63) is 65.5 Å². The van der Waals surface area contributed by atoms with Crippen LogP contribution < -0.4 is 5.32 Å². The van der Waals surface area contributed by atoms with Gasteiger partial charge in [0, 0.05) is 12.6 Å². The Morgan fingerprint density at radius 2 is 1.89 bits per heavy atom. The molecule has 1 atom stereocenters. The summed E-state index contributed by atoms with van der Waals surface area (Å²) in [5.41, 5.74) is 2.06. The zero-order valence-electron chi connectivity index (χ0n) is 10.2. The van der Waals surface area contributed by atoms with Crippen molar-refractivity contribution in [1.82, 2.24) is 5.32 Å². The second-order valence-electron chi connectivity index (χ2n) is 4.32. The van der Waals surface area contributed by atoms with E-state index < -0.39 is 0 Å². The fourth-order valence-corrected chi connectivity index (χ4v) is 1.81. The SMILES string of the molecule is CC(NCc1cccc(O)c1)c1ccc(F)cc1. The van der Waals surface area contributed by atoms with Gasteiger partial charge in [-0.05, 0) is 42.3 Å². The molecule has 0 bridgehead atoms. The molecule has 18 heavy (non-hydrogen) atoms.